The van der Waals surface area contributed by atoms with E-state index in [9.17, 15) is 9.59 Å². The van der Waals surface area contributed by atoms with Gasteiger partial charge in [-0.1, -0.05) is 36.4 Å². The summed E-state index contributed by atoms with van der Waals surface area (Å²) in [4.78, 5) is 26.6. The van der Waals surface area contributed by atoms with Crippen molar-refractivity contribution in [3.05, 3.63) is 59.7 Å². The number of para-hydroxylation sites is 2. The van der Waals surface area contributed by atoms with Gasteiger partial charge in [-0.05, 0) is 29.7 Å². The first-order valence-corrected chi connectivity index (χ1v) is 8.12. The quantitative estimate of drug-likeness (QED) is 0.923. The molecule has 2 aliphatic rings. The number of benzene rings is 2. The molecule has 0 spiro atoms. The summed E-state index contributed by atoms with van der Waals surface area (Å²) in [6, 6.07) is 15.4. The van der Waals surface area contributed by atoms with Crippen molar-refractivity contribution in [3.8, 4) is 5.75 Å². The van der Waals surface area contributed by atoms with Gasteiger partial charge in [0.1, 0.15) is 5.75 Å². The lowest BCUT2D eigenvalue weighted by molar-refractivity contribution is -0.137. The third kappa shape index (κ3) is 2.73. The van der Waals surface area contributed by atoms with E-state index in [-0.39, 0.29) is 18.2 Å². The predicted molar refractivity (Wildman–Crippen MR) is 89.7 cm³/mol. The van der Waals surface area contributed by atoms with Crippen LogP contribution in [-0.4, -0.2) is 29.4 Å². The first-order chi connectivity index (χ1) is 11.7. The molecule has 0 aliphatic carbocycles. The van der Waals surface area contributed by atoms with Crippen molar-refractivity contribution in [2.75, 3.05) is 11.9 Å². The van der Waals surface area contributed by atoms with Crippen molar-refractivity contribution < 1.29 is 14.3 Å². The molecule has 122 valence electrons. The van der Waals surface area contributed by atoms with Crippen LogP contribution in [0, 0.1) is 0 Å². The van der Waals surface area contributed by atoms with Crippen LogP contribution in [-0.2, 0) is 22.6 Å². The van der Waals surface area contributed by atoms with Crippen LogP contribution < -0.4 is 10.1 Å². The highest BCUT2D eigenvalue weighted by molar-refractivity contribution is 5.99. The number of amides is 2. The van der Waals surface area contributed by atoms with E-state index in [0.717, 1.165) is 6.42 Å². The highest BCUT2D eigenvalue weighted by atomic mass is 16.5. The van der Waals surface area contributed by atoms with Crippen molar-refractivity contribution in [3.63, 3.8) is 0 Å². The summed E-state index contributed by atoms with van der Waals surface area (Å²) < 4.78 is 5.72. The molecule has 4 rings (SSSR count). The monoisotopic (exact) mass is 322 g/mol. The largest absolute Gasteiger partial charge is 0.478 e. The fourth-order valence-corrected chi connectivity index (χ4v) is 3.22. The van der Waals surface area contributed by atoms with E-state index >= 15 is 0 Å². The third-order valence-electron chi connectivity index (χ3n) is 4.55. The van der Waals surface area contributed by atoms with Crippen molar-refractivity contribution in [1.82, 2.24) is 4.90 Å². The second-order valence-corrected chi connectivity index (χ2v) is 6.13. The van der Waals surface area contributed by atoms with E-state index in [4.69, 9.17) is 4.74 Å². The lowest BCUT2D eigenvalue weighted by Crippen LogP contribution is -2.43. The predicted octanol–water partition coefficient (Wildman–Crippen LogP) is 2.36. The Morgan fingerprint density at radius 3 is 2.75 bits per heavy atom. The van der Waals surface area contributed by atoms with Gasteiger partial charge in [-0.15, -0.1) is 0 Å². The average molecular weight is 322 g/mol. The number of anilines is 1. The number of nitrogens with zero attached hydrogens (tertiary/aromatic N) is 1. The molecule has 0 aromatic heterocycles. The molecule has 0 saturated heterocycles. The Bertz CT molecular complexity index is 803. The minimum Gasteiger partial charge on any atom is -0.478 e. The number of hydrogen-bond donors (Lipinski definition) is 1. The molecule has 2 amide bonds. The first kappa shape index (κ1) is 14.8. The van der Waals surface area contributed by atoms with Gasteiger partial charge in [0.15, 0.2) is 6.10 Å². The number of rotatable bonds is 2. The zero-order valence-corrected chi connectivity index (χ0v) is 13.2. The molecule has 2 heterocycles. The van der Waals surface area contributed by atoms with Crippen molar-refractivity contribution in [2.24, 2.45) is 0 Å². The molecule has 24 heavy (non-hydrogen) atoms. The van der Waals surface area contributed by atoms with Crippen molar-refractivity contribution >= 4 is 17.5 Å². The van der Waals surface area contributed by atoms with Crippen molar-refractivity contribution in [1.29, 1.82) is 0 Å². The zero-order chi connectivity index (χ0) is 16.5. The molecule has 2 aromatic carbocycles. The molecule has 1 N–H and O–H groups in total. The standard InChI is InChI=1S/C19H18N2O3/c22-18(21-10-9-13-5-1-2-6-14(13)12-21)11-17-19(23)20-15-7-3-4-8-16(15)24-17/h1-8,17H,9-12H2,(H,20,23). The van der Waals surface area contributed by atoms with E-state index < -0.39 is 6.10 Å². The smallest absolute Gasteiger partial charge is 0.266 e. The molecule has 0 bridgehead atoms. The third-order valence-corrected chi connectivity index (χ3v) is 4.55. The van der Waals surface area contributed by atoms with E-state index in [2.05, 4.69) is 17.4 Å². The molecule has 0 fully saturated rings. The number of carbonyl (C=O) groups is 2. The molecule has 2 aromatic rings. The Balaban J connectivity index is 1.45. The van der Waals surface area contributed by atoms with Crippen LogP contribution in [0.15, 0.2) is 48.5 Å². The van der Waals surface area contributed by atoms with E-state index in [0.29, 0.717) is 24.5 Å². The minimum absolute atomic E-state index is 0.0518. The van der Waals surface area contributed by atoms with Crippen LogP contribution >= 0.6 is 0 Å². The van der Waals surface area contributed by atoms with E-state index in [1.165, 1.54) is 11.1 Å². The van der Waals surface area contributed by atoms with Crippen molar-refractivity contribution in [2.45, 2.75) is 25.5 Å². The van der Waals surface area contributed by atoms with Crippen LogP contribution in [0.1, 0.15) is 17.5 Å². The molecule has 1 unspecified atom stereocenters. The summed E-state index contributed by atoms with van der Waals surface area (Å²) in [5, 5.41) is 2.80. The molecular weight excluding hydrogens is 304 g/mol. The molecule has 0 saturated carbocycles. The fraction of sp³-hybridized carbons (Fsp3) is 0.263. The Kier molecular flexibility index (Phi) is 3.69. The van der Waals surface area contributed by atoms with Crippen LogP contribution in [0.4, 0.5) is 5.69 Å². The van der Waals surface area contributed by atoms with Gasteiger partial charge < -0.3 is 15.0 Å². The van der Waals surface area contributed by atoms with Gasteiger partial charge in [-0.3, -0.25) is 9.59 Å². The summed E-state index contributed by atoms with van der Waals surface area (Å²) in [6.07, 6.45) is 0.134. The molecular formula is C19H18N2O3. The van der Waals surface area contributed by atoms with Gasteiger partial charge >= 0.3 is 0 Å². The number of fused-ring (bicyclic) bond motifs is 2. The number of nitrogens with one attached hydrogen (secondary N) is 1. The van der Waals surface area contributed by atoms with Crippen LogP contribution in [0.25, 0.3) is 0 Å². The highest BCUT2D eigenvalue weighted by Gasteiger charge is 2.31. The topological polar surface area (TPSA) is 58.6 Å². The SMILES string of the molecule is O=C1Nc2ccccc2OC1CC(=O)N1CCc2ccccc2C1. The maximum atomic E-state index is 12.6. The second-order valence-electron chi connectivity index (χ2n) is 6.13. The Morgan fingerprint density at radius 2 is 1.88 bits per heavy atom. The summed E-state index contributed by atoms with van der Waals surface area (Å²) in [5.74, 6) is 0.294. The average Bonchev–Trinajstić information content (AvgIpc) is 2.62. The first-order valence-electron chi connectivity index (χ1n) is 8.12. The van der Waals surface area contributed by atoms with Gasteiger partial charge in [0.25, 0.3) is 5.91 Å². The minimum atomic E-state index is -0.774. The van der Waals surface area contributed by atoms with Crippen LogP contribution in [0.5, 0.6) is 5.75 Å². The molecule has 0 radical (unpaired) electrons. The van der Waals surface area contributed by atoms with Gasteiger partial charge in [-0.25, -0.2) is 0 Å². The Morgan fingerprint density at radius 1 is 1.12 bits per heavy atom. The van der Waals surface area contributed by atoms with E-state index in [1.54, 1.807) is 17.0 Å². The highest BCUT2D eigenvalue weighted by Crippen LogP contribution is 2.30. The summed E-state index contributed by atoms with van der Waals surface area (Å²) >= 11 is 0. The zero-order valence-electron chi connectivity index (χ0n) is 13.2. The normalized spacial score (nSPS) is 18.9. The summed E-state index contributed by atoms with van der Waals surface area (Å²) in [5.41, 5.74) is 3.12. The van der Waals surface area contributed by atoms with Gasteiger partial charge in [-0.2, -0.15) is 0 Å². The lowest BCUT2D eigenvalue weighted by Gasteiger charge is -2.31. The second kappa shape index (κ2) is 6.00. The fourth-order valence-electron chi connectivity index (χ4n) is 3.22. The molecule has 5 heteroatoms. The van der Waals surface area contributed by atoms with Crippen LogP contribution in [0.3, 0.4) is 0 Å². The lowest BCUT2D eigenvalue weighted by atomic mass is 9.99. The van der Waals surface area contributed by atoms with Gasteiger partial charge in [0, 0.05) is 13.1 Å². The van der Waals surface area contributed by atoms with E-state index in [1.807, 2.05) is 24.3 Å². The number of ether oxygens (including phenoxy) is 1. The maximum Gasteiger partial charge on any atom is 0.266 e. The summed E-state index contributed by atoms with van der Waals surface area (Å²) in [7, 11) is 0. The summed E-state index contributed by atoms with van der Waals surface area (Å²) in [6.45, 7) is 1.28. The van der Waals surface area contributed by atoms with Gasteiger partial charge in [0.2, 0.25) is 5.91 Å². The number of carbonyl (C=O) groups excluding carboxylic acids is 2. The van der Waals surface area contributed by atoms with Crippen LogP contribution in [0.2, 0.25) is 0 Å². The Labute approximate surface area is 140 Å². The maximum absolute atomic E-state index is 12.6. The molecule has 5 nitrogen and oxygen atoms in total. The number of hydrogen-bond acceptors (Lipinski definition) is 3. The van der Waals surface area contributed by atoms with Gasteiger partial charge in [0.05, 0.1) is 12.1 Å². The molecule has 1 atom stereocenters. The Hall–Kier alpha value is -2.82. The molecule has 2 aliphatic heterocycles.